The quantitative estimate of drug-likeness (QED) is 0.611. The molecule has 1 fully saturated rings. The summed E-state index contributed by atoms with van der Waals surface area (Å²) in [5.74, 6) is 0. The van der Waals surface area contributed by atoms with E-state index in [-0.39, 0.29) is 12.7 Å². The molecule has 2 heterocycles. The average Bonchev–Trinajstić information content (AvgIpc) is 2.81. The standard InChI is InChI=1S/C12H22N4O4/c1-7-10(12(19)11(18)9(6-17)20-7)16-5-8(13-14-16)4-15(2)3/h5,7,9-12,17-19H,4,6H2,1-3H3/t7-,9+,10-,11-,12+/m0/s1. The van der Waals surface area contributed by atoms with Crippen molar-refractivity contribution in [3.05, 3.63) is 11.9 Å². The van der Waals surface area contributed by atoms with E-state index in [1.54, 1.807) is 13.1 Å². The summed E-state index contributed by atoms with van der Waals surface area (Å²) < 4.78 is 7.04. The van der Waals surface area contributed by atoms with Crippen LogP contribution < -0.4 is 0 Å². The van der Waals surface area contributed by atoms with Gasteiger partial charge < -0.3 is 25.0 Å². The fraction of sp³-hybridized carbons (Fsp3) is 0.833. The number of hydrogen-bond donors (Lipinski definition) is 3. The Morgan fingerprint density at radius 1 is 1.35 bits per heavy atom. The monoisotopic (exact) mass is 286 g/mol. The van der Waals surface area contributed by atoms with Crippen molar-refractivity contribution < 1.29 is 20.1 Å². The van der Waals surface area contributed by atoms with Crippen molar-refractivity contribution in [1.29, 1.82) is 0 Å². The van der Waals surface area contributed by atoms with Crippen molar-refractivity contribution in [1.82, 2.24) is 19.9 Å². The maximum atomic E-state index is 10.2. The number of hydrogen-bond acceptors (Lipinski definition) is 7. The number of nitrogens with zero attached hydrogens (tertiary/aromatic N) is 4. The zero-order valence-electron chi connectivity index (χ0n) is 11.9. The highest BCUT2D eigenvalue weighted by molar-refractivity contribution is 4.98. The Hall–Kier alpha value is -1.06. The zero-order valence-corrected chi connectivity index (χ0v) is 11.9. The van der Waals surface area contributed by atoms with Crippen LogP contribution in [0.15, 0.2) is 6.20 Å². The van der Waals surface area contributed by atoms with Gasteiger partial charge in [0.1, 0.15) is 24.4 Å². The number of aliphatic hydroxyl groups is 3. The molecule has 1 saturated heterocycles. The number of aliphatic hydroxyl groups excluding tert-OH is 3. The molecule has 8 nitrogen and oxygen atoms in total. The summed E-state index contributed by atoms with van der Waals surface area (Å²) in [6, 6.07) is -0.531. The van der Waals surface area contributed by atoms with E-state index in [1.165, 1.54) is 4.68 Å². The minimum absolute atomic E-state index is 0.335. The molecule has 0 aromatic carbocycles. The second-order valence-electron chi connectivity index (χ2n) is 5.46. The minimum atomic E-state index is -1.15. The molecule has 3 N–H and O–H groups in total. The maximum absolute atomic E-state index is 10.2. The molecule has 5 atom stereocenters. The summed E-state index contributed by atoms with van der Waals surface area (Å²) in [5.41, 5.74) is 0.771. The normalized spacial score (nSPS) is 34.6. The van der Waals surface area contributed by atoms with Gasteiger partial charge in [0.05, 0.1) is 24.6 Å². The van der Waals surface area contributed by atoms with Gasteiger partial charge in [0.15, 0.2) is 0 Å². The molecule has 0 spiro atoms. The summed E-state index contributed by atoms with van der Waals surface area (Å²) in [6.45, 7) is 2.08. The van der Waals surface area contributed by atoms with Crippen LogP contribution in [-0.2, 0) is 11.3 Å². The zero-order chi connectivity index (χ0) is 14.9. The lowest BCUT2D eigenvalue weighted by atomic mass is 9.94. The SMILES string of the molecule is C[C@@H]1O[C@H](CO)[C@H](O)[C@H](O)[C@H]1n1cc(CN(C)C)nn1. The molecule has 0 aliphatic carbocycles. The van der Waals surface area contributed by atoms with E-state index >= 15 is 0 Å². The first kappa shape index (κ1) is 15.3. The summed E-state index contributed by atoms with van der Waals surface area (Å²) in [6.07, 6.45) is -1.65. The van der Waals surface area contributed by atoms with Gasteiger partial charge >= 0.3 is 0 Å². The lowest BCUT2D eigenvalue weighted by Crippen LogP contribution is -2.55. The first-order chi connectivity index (χ1) is 9.43. The van der Waals surface area contributed by atoms with E-state index in [4.69, 9.17) is 9.84 Å². The Balaban J connectivity index is 2.16. The average molecular weight is 286 g/mol. The molecule has 8 heteroatoms. The van der Waals surface area contributed by atoms with E-state index in [1.807, 2.05) is 19.0 Å². The summed E-state index contributed by atoms with van der Waals surface area (Å²) in [5, 5.41) is 37.3. The van der Waals surface area contributed by atoms with E-state index in [0.29, 0.717) is 6.54 Å². The van der Waals surface area contributed by atoms with Crippen molar-refractivity contribution in [2.24, 2.45) is 0 Å². The molecule has 0 saturated carbocycles. The molecule has 0 bridgehead atoms. The minimum Gasteiger partial charge on any atom is -0.394 e. The summed E-state index contributed by atoms with van der Waals surface area (Å²) >= 11 is 0. The van der Waals surface area contributed by atoms with Crippen LogP contribution in [0.5, 0.6) is 0 Å². The van der Waals surface area contributed by atoms with Gasteiger partial charge in [-0.3, -0.25) is 0 Å². The Bertz CT molecular complexity index is 439. The fourth-order valence-electron chi connectivity index (χ4n) is 2.51. The van der Waals surface area contributed by atoms with Crippen LogP contribution >= 0.6 is 0 Å². The highest BCUT2D eigenvalue weighted by Gasteiger charge is 2.43. The molecule has 2 rings (SSSR count). The number of rotatable bonds is 4. The van der Waals surface area contributed by atoms with Gasteiger partial charge in [-0.05, 0) is 21.0 Å². The van der Waals surface area contributed by atoms with Crippen LogP contribution in [0.4, 0.5) is 0 Å². The first-order valence-electron chi connectivity index (χ1n) is 6.62. The highest BCUT2D eigenvalue weighted by Crippen LogP contribution is 2.29. The molecule has 114 valence electrons. The second kappa shape index (κ2) is 6.15. The summed E-state index contributed by atoms with van der Waals surface area (Å²) in [7, 11) is 3.85. The molecule has 0 amide bonds. The van der Waals surface area contributed by atoms with Gasteiger partial charge in [-0.1, -0.05) is 5.21 Å². The van der Waals surface area contributed by atoms with E-state index < -0.39 is 24.4 Å². The topological polar surface area (TPSA) is 104 Å². The molecular weight excluding hydrogens is 264 g/mol. The molecule has 1 aromatic heterocycles. The predicted octanol–water partition coefficient (Wildman–Crippen LogP) is -1.62. The Kier molecular flexibility index (Phi) is 4.71. The third kappa shape index (κ3) is 2.99. The van der Waals surface area contributed by atoms with Crippen LogP contribution in [-0.4, -0.2) is 80.3 Å². The maximum Gasteiger partial charge on any atom is 0.110 e. The fourth-order valence-corrected chi connectivity index (χ4v) is 2.51. The van der Waals surface area contributed by atoms with Gasteiger partial charge in [-0.2, -0.15) is 0 Å². The molecular formula is C12H22N4O4. The van der Waals surface area contributed by atoms with Gasteiger partial charge in [0.25, 0.3) is 0 Å². The lowest BCUT2D eigenvalue weighted by molar-refractivity contribution is -0.200. The van der Waals surface area contributed by atoms with Crippen LogP contribution in [0.25, 0.3) is 0 Å². The molecule has 0 unspecified atom stereocenters. The smallest absolute Gasteiger partial charge is 0.110 e. The largest absolute Gasteiger partial charge is 0.394 e. The Morgan fingerprint density at radius 2 is 2.05 bits per heavy atom. The third-order valence-corrected chi connectivity index (χ3v) is 3.47. The van der Waals surface area contributed by atoms with Crippen LogP contribution in [0.1, 0.15) is 18.7 Å². The first-order valence-corrected chi connectivity index (χ1v) is 6.62. The van der Waals surface area contributed by atoms with Gasteiger partial charge in [0, 0.05) is 6.54 Å². The number of aromatic nitrogens is 3. The predicted molar refractivity (Wildman–Crippen MR) is 69.9 cm³/mol. The van der Waals surface area contributed by atoms with E-state index in [0.717, 1.165) is 5.69 Å². The van der Waals surface area contributed by atoms with E-state index in [2.05, 4.69) is 10.3 Å². The molecule has 1 aliphatic heterocycles. The molecule has 1 aromatic rings. The molecule has 0 radical (unpaired) electrons. The van der Waals surface area contributed by atoms with Crippen LogP contribution in [0.2, 0.25) is 0 Å². The number of ether oxygens (including phenoxy) is 1. The van der Waals surface area contributed by atoms with Crippen molar-refractivity contribution in [2.75, 3.05) is 20.7 Å². The Labute approximate surface area is 117 Å². The van der Waals surface area contributed by atoms with Gasteiger partial charge in [0.2, 0.25) is 0 Å². The third-order valence-electron chi connectivity index (χ3n) is 3.47. The molecule has 1 aliphatic rings. The van der Waals surface area contributed by atoms with Gasteiger partial charge in [-0.15, -0.1) is 5.10 Å². The second-order valence-corrected chi connectivity index (χ2v) is 5.46. The van der Waals surface area contributed by atoms with Crippen molar-refractivity contribution >= 4 is 0 Å². The Morgan fingerprint density at radius 3 is 2.65 bits per heavy atom. The van der Waals surface area contributed by atoms with Crippen LogP contribution in [0, 0.1) is 0 Å². The van der Waals surface area contributed by atoms with Gasteiger partial charge in [-0.25, -0.2) is 4.68 Å². The molecule has 20 heavy (non-hydrogen) atoms. The van der Waals surface area contributed by atoms with Crippen molar-refractivity contribution in [2.45, 2.75) is 43.9 Å². The van der Waals surface area contributed by atoms with Crippen molar-refractivity contribution in [3.63, 3.8) is 0 Å². The summed E-state index contributed by atoms with van der Waals surface area (Å²) in [4.78, 5) is 1.96. The van der Waals surface area contributed by atoms with Crippen molar-refractivity contribution in [3.8, 4) is 0 Å². The highest BCUT2D eigenvalue weighted by atomic mass is 16.5. The lowest BCUT2D eigenvalue weighted by Gasteiger charge is -2.40. The van der Waals surface area contributed by atoms with Crippen LogP contribution in [0.3, 0.4) is 0 Å². The van der Waals surface area contributed by atoms with E-state index in [9.17, 15) is 10.2 Å².